The van der Waals surface area contributed by atoms with Crippen LogP contribution in [0, 0.1) is 0 Å². The molecule has 1 aliphatic rings. The Morgan fingerprint density at radius 2 is 1.64 bits per heavy atom. The number of unbranched alkanes of at least 4 members (excludes halogenated alkanes) is 3. The zero-order chi connectivity index (χ0) is 10.3. The van der Waals surface area contributed by atoms with E-state index in [0.29, 0.717) is 0 Å². The lowest BCUT2D eigenvalue weighted by Crippen LogP contribution is -2.31. The summed E-state index contributed by atoms with van der Waals surface area (Å²) in [6, 6.07) is 0. The van der Waals surface area contributed by atoms with E-state index in [1.807, 2.05) is 0 Å². The molecule has 0 unspecified atom stereocenters. The monoisotopic (exact) mass is 200 g/mol. The molecule has 0 aromatic rings. The van der Waals surface area contributed by atoms with Crippen molar-refractivity contribution in [3.63, 3.8) is 0 Å². The van der Waals surface area contributed by atoms with Crippen LogP contribution in [0.3, 0.4) is 0 Å². The molecule has 1 heterocycles. The largest absolute Gasteiger partial charge is 0.350 e. The second-order valence-electron chi connectivity index (χ2n) is 4.35. The van der Waals surface area contributed by atoms with Gasteiger partial charge < -0.3 is 9.47 Å². The van der Waals surface area contributed by atoms with Gasteiger partial charge in [0.05, 0.1) is 13.2 Å². The molecule has 0 spiro atoms. The molecule has 0 radical (unpaired) electrons. The SMILES string of the molecule is CCCCCCC1(C)OCCCCO1. The minimum atomic E-state index is -0.287. The van der Waals surface area contributed by atoms with E-state index in [4.69, 9.17) is 9.47 Å². The molecule has 2 nitrogen and oxygen atoms in total. The third-order valence-corrected chi connectivity index (χ3v) is 2.84. The second kappa shape index (κ2) is 6.41. The van der Waals surface area contributed by atoms with Gasteiger partial charge in [-0.15, -0.1) is 0 Å². The first-order valence-electron chi connectivity index (χ1n) is 6.05. The van der Waals surface area contributed by atoms with Crippen molar-refractivity contribution in [2.75, 3.05) is 13.2 Å². The number of hydrogen-bond acceptors (Lipinski definition) is 2. The van der Waals surface area contributed by atoms with Crippen molar-refractivity contribution in [1.82, 2.24) is 0 Å². The molecule has 84 valence electrons. The summed E-state index contributed by atoms with van der Waals surface area (Å²) < 4.78 is 11.5. The average Bonchev–Trinajstić information content (AvgIpc) is 2.39. The van der Waals surface area contributed by atoms with Gasteiger partial charge in [0.1, 0.15) is 0 Å². The quantitative estimate of drug-likeness (QED) is 0.632. The lowest BCUT2D eigenvalue weighted by Gasteiger charge is -2.28. The Hall–Kier alpha value is -0.0800. The van der Waals surface area contributed by atoms with Gasteiger partial charge in [0.15, 0.2) is 5.79 Å². The van der Waals surface area contributed by atoms with Gasteiger partial charge in [-0.3, -0.25) is 0 Å². The zero-order valence-electron chi connectivity index (χ0n) is 9.68. The van der Waals surface area contributed by atoms with Gasteiger partial charge >= 0.3 is 0 Å². The van der Waals surface area contributed by atoms with Gasteiger partial charge in [-0.05, 0) is 26.2 Å². The molecule has 1 fully saturated rings. The molecule has 1 rings (SSSR count). The van der Waals surface area contributed by atoms with Crippen LogP contribution in [0.4, 0.5) is 0 Å². The van der Waals surface area contributed by atoms with E-state index in [1.54, 1.807) is 0 Å². The Kier molecular flexibility index (Phi) is 5.49. The van der Waals surface area contributed by atoms with Crippen molar-refractivity contribution in [2.45, 2.75) is 64.6 Å². The van der Waals surface area contributed by atoms with Gasteiger partial charge in [0, 0.05) is 6.42 Å². The fourth-order valence-corrected chi connectivity index (χ4v) is 1.84. The molecule has 14 heavy (non-hydrogen) atoms. The van der Waals surface area contributed by atoms with Crippen LogP contribution in [0.2, 0.25) is 0 Å². The minimum absolute atomic E-state index is 0.287. The van der Waals surface area contributed by atoms with Crippen LogP contribution in [0.5, 0.6) is 0 Å². The van der Waals surface area contributed by atoms with Crippen LogP contribution in [0.25, 0.3) is 0 Å². The molecule has 1 saturated heterocycles. The lowest BCUT2D eigenvalue weighted by atomic mass is 10.1. The molecule has 0 atom stereocenters. The second-order valence-corrected chi connectivity index (χ2v) is 4.35. The van der Waals surface area contributed by atoms with E-state index in [0.717, 1.165) is 32.5 Å². The maximum atomic E-state index is 5.75. The molecule has 2 heteroatoms. The third-order valence-electron chi connectivity index (χ3n) is 2.84. The summed E-state index contributed by atoms with van der Waals surface area (Å²) >= 11 is 0. The van der Waals surface area contributed by atoms with E-state index in [2.05, 4.69) is 13.8 Å². The van der Waals surface area contributed by atoms with Gasteiger partial charge in [0.2, 0.25) is 0 Å². The van der Waals surface area contributed by atoms with Crippen LogP contribution < -0.4 is 0 Å². The van der Waals surface area contributed by atoms with Crippen molar-refractivity contribution in [3.8, 4) is 0 Å². The minimum Gasteiger partial charge on any atom is -0.350 e. The molecule has 0 saturated carbocycles. The summed E-state index contributed by atoms with van der Waals surface area (Å²) in [5, 5.41) is 0. The fraction of sp³-hybridized carbons (Fsp3) is 1.00. The molecule has 0 aliphatic carbocycles. The average molecular weight is 200 g/mol. The highest BCUT2D eigenvalue weighted by atomic mass is 16.7. The standard InChI is InChI=1S/C12H24O2/c1-3-4-5-6-9-12(2)13-10-7-8-11-14-12/h3-11H2,1-2H3. The van der Waals surface area contributed by atoms with Crippen LogP contribution in [0.15, 0.2) is 0 Å². The normalized spacial score (nSPS) is 21.9. The summed E-state index contributed by atoms with van der Waals surface area (Å²) in [6.07, 6.45) is 8.49. The Labute approximate surface area is 88.0 Å². The van der Waals surface area contributed by atoms with E-state index < -0.39 is 0 Å². The van der Waals surface area contributed by atoms with Gasteiger partial charge in [-0.25, -0.2) is 0 Å². The highest BCUT2D eigenvalue weighted by Crippen LogP contribution is 2.24. The number of hydrogen-bond donors (Lipinski definition) is 0. The zero-order valence-corrected chi connectivity index (χ0v) is 9.68. The maximum Gasteiger partial charge on any atom is 0.165 e. The molecular formula is C12H24O2. The molecule has 0 N–H and O–H groups in total. The van der Waals surface area contributed by atoms with Crippen molar-refractivity contribution >= 4 is 0 Å². The summed E-state index contributed by atoms with van der Waals surface area (Å²) in [7, 11) is 0. The van der Waals surface area contributed by atoms with E-state index in [-0.39, 0.29) is 5.79 Å². The smallest absolute Gasteiger partial charge is 0.165 e. The molecule has 0 amide bonds. The molecule has 0 bridgehead atoms. The Balaban J connectivity index is 2.17. The van der Waals surface area contributed by atoms with Crippen LogP contribution in [0.1, 0.15) is 58.8 Å². The summed E-state index contributed by atoms with van der Waals surface area (Å²) in [5.74, 6) is -0.287. The lowest BCUT2D eigenvalue weighted by molar-refractivity contribution is -0.217. The molecule has 0 aromatic heterocycles. The maximum absolute atomic E-state index is 5.75. The van der Waals surface area contributed by atoms with Gasteiger partial charge in [0.25, 0.3) is 0 Å². The molecule has 1 aliphatic heterocycles. The number of ether oxygens (including phenoxy) is 2. The Morgan fingerprint density at radius 1 is 1.00 bits per heavy atom. The first kappa shape index (κ1) is 12.0. The third kappa shape index (κ3) is 4.43. The van der Waals surface area contributed by atoms with Crippen LogP contribution >= 0.6 is 0 Å². The van der Waals surface area contributed by atoms with Crippen LogP contribution in [-0.2, 0) is 9.47 Å². The predicted octanol–water partition coefficient (Wildman–Crippen LogP) is 3.50. The summed E-state index contributed by atoms with van der Waals surface area (Å²) in [5.41, 5.74) is 0. The highest BCUT2D eigenvalue weighted by Gasteiger charge is 2.26. The highest BCUT2D eigenvalue weighted by molar-refractivity contribution is 4.66. The summed E-state index contributed by atoms with van der Waals surface area (Å²) in [6.45, 7) is 6.05. The fourth-order valence-electron chi connectivity index (χ4n) is 1.84. The molecule has 0 aromatic carbocycles. The Bertz CT molecular complexity index is 137. The first-order chi connectivity index (χ1) is 6.77. The topological polar surface area (TPSA) is 18.5 Å². The van der Waals surface area contributed by atoms with Gasteiger partial charge in [-0.2, -0.15) is 0 Å². The first-order valence-corrected chi connectivity index (χ1v) is 6.05. The van der Waals surface area contributed by atoms with Crippen molar-refractivity contribution in [1.29, 1.82) is 0 Å². The van der Waals surface area contributed by atoms with Crippen LogP contribution in [-0.4, -0.2) is 19.0 Å². The van der Waals surface area contributed by atoms with E-state index >= 15 is 0 Å². The number of rotatable bonds is 5. The predicted molar refractivity (Wildman–Crippen MR) is 58.3 cm³/mol. The van der Waals surface area contributed by atoms with Crippen molar-refractivity contribution in [2.24, 2.45) is 0 Å². The van der Waals surface area contributed by atoms with Crippen molar-refractivity contribution < 1.29 is 9.47 Å². The van der Waals surface area contributed by atoms with E-state index in [1.165, 1.54) is 25.7 Å². The van der Waals surface area contributed by atoms with Gasteiger partial charge in [-0.1, -0.05) is 26.2 Å². The Morgan fingerprint density at radius 3 is 2.21 bits per heavy atom. The summed E-state index contributed by atoms with van der Waals surface area (Å²) in [4.78, 5) is 0. The molecular weight excluding hydrogens is 176 g/mol. The van der Waals surface area contributed by atoms with Crippen molar-refractivity contribution in [3.05, 3.63) is 0 Å². The van der Waals surface area contributed by atoms with E-state index in [9.17, 15) is 0 Å².